The van der Waals surface area contributed by atoms with Crippen LogP contribution < -0.4 is 15.4 Å². The Morgan fingerprint density at radius 2 is 1.71 bits per heavy atom. The van der Waals surface area contributed by atoms with Crippen molar-refractivity contribution in [3.8, 4) is 0 Å². The molecular formula is C24H29N5O4S2. The molecule has 3 aromatic rings. The topological polar surface area (TPSA) is 130 Å². The molecule has 0 spiro atoms. The molecule has 1 aromatic heterocycles. The molecule has 0 aliphatic heterocycles. The van der Waals surface area contributed by atoms with Crippen LogP contribution in [0.1, 0.15) is 47.6 Å². The maximum atomic E-state index is 12.7. The molecule has 3 rings (SSSR count). The minimum atomic E-state index is -3.61. The van der Waals surface area contributed by atoms with E-state index in [1.807, 2.05) is 20.8 Å². The molecule has 0 saturated heterocycles. The lowest BCUT2D eigenvalue weighted by atomic mass is 10.0. The number of hydrogen-bond donors (Lipinski definition) is 3. The summed E-state index contributed by atoms with van der Waals surface area (Å²) in [4.78, 5) is 25.2. The van der Waals surface area contributed by atoms with Crippen molar-refractivity contribution in [2.75, 3.05) is 17.2 Å². The third kappa shape index (κ3) is 7.41. The fraction of sp³-hybridized carbons (Fsp3) is 0.333. The monoisotopic (exact) mass is 515 g/mol. The van der Waals surface area contributed by atoms with Crippen molar-refractivity contribution < 1.29 is 18.0 Å². The summed E-state index contributed by atoms with van der Waals surface area (Å²) in [7, 11) is -3.61. The first kappa shape index (κ1) is 26.5. The fourth-order valence-electron chi connectivity index (χ4n) is 3.31. The third-order valence-corrected chi connectivity index (χ3v) is 7.77. The number of hydrogen-bond acceptors (Lipinski definition) is 7. The van der Waals surface area contributed by atoms with Gasteiger partial charge in [0.25, 0.3) is 5.91 Å². The standard InChI is InChI=1S/C24H29N5O4S2/c1-4-17(5-2)22(30)26-19-8-6-7-18(15-19)23(31)27-24-29-28-21(34-24)13-14-25-35(32,33)20-11-9-16(3)10-12-20/h6-12,15,17,25H,4-5,13-14H2,1-3H3,(H,26,30)(H,27,29,31). The van der Waals surface area contributed by atoms with E-state index < -0.39 is 10.0 Å². The molecule has 186 valence electrons. The van der Waals surface area contributed by atoms with Gasteiger partial charge in [0.1, 0.15) is 5.01 Å². The predicted octanol–water partition coefficient (Wildman–Crippen LogP) is 3.99. The number of nitrogens with one attached hydrogen (secondary N) is 3. The lowest BCUT2D eigenvalue weighted by Crippen LogP contribution is -2.25. The van der Waals surface area contributed by atoms with Gasteiger partial charge in [-0.05, 0) is 50.1 Å². The molecule has 9 nitrogen and oxygen atoms in total. The van der Waals surface area contributed by atoms with Crippen LogP contribution in [0.3, 0.4) is 0 Å². The minimum Gasteiger partial charge on any atom is -0.326 e. The van der Waals surface area contributed by atoms with Crippen molar-refractivity contribution in [2.24, 2.45) is 5.92 Å². The smallest absolute Gasteiger partial charge is 0.257 e. The first-order chi connectivity index (χ1) is 16.7. The van der Waals surface area contributed by atoms with E-state index in [4.69, 9.17) is 0 Å². The number of anilines is 2. The van der Waals surface area contributed by atoms with Crippen molar-refractivity contribution in [1.82, 2.24) is 14.9 Å². The van der Waals surface area contributed by atoms with Crippen LogP contribution in [-0.2, 0) is 21.2 Å². The molecule has 0 fully saturated rings. The highest BCUT2D eigenvalue weighted by Crippen LogP contribution is 2.19. The van der Waals surface area contributed by atoms with E-state index in [1.54, 1.807) is 48.5 Å². The Labute approximate surface area is 209 Å². The molecule has 0 saturated carbocycles. The zero-order valence-electron chi connectivity index (χ0n) is 19.9. The van der Waals surface area contributed by atoms with Gasteiger partial charge >= 0.3 is 0 Å². The van der Waals surface area contributed by atoms with E-state index in [-0.39, 0.29) is 29.2 Å². The summed E-state index contributed by atoms with van der Waals surface area (Å²) < 4.78 is 27.3. The van der Waals surface area contributed by atoms with Gasteiger partial charge in [-0.3, -0.25) is 14.9 Å². The highest BCUT2D eigenvalue weighted by molar-refractivity contribution is 7.89. The molecular weight excluding hydrogens is 486 g/mol. The lowest BCUT2D eigenvalue weighted by Gasteiger charge is -2.13. The van der Waals surface area contributed by atoms with Crippen LogP contribution in [0, 0.1) is 12.8 Å². The average molecular weight is 516 g/mol. The van der Waals surface area contributed by atoms with Crippen LogP contribution in [0.15, 0.2) is 53.4 Å². The van der Waals surface area contributed by atoms with E-state index >= 15 is 0 Å². The molecule has 0 aliphatic rings. The largest absolute Gasteiger partial charge is 0.326 e. The highest BCUT2D eigenvalue weighted by atomic mass is 32.2. The normalized spacial score (nSPS) is 11.4. The van der Waals surface area contributed by atoms with E-state index in [9.17, 15) is 18.0 Å². The molecule has 1 heterocycles. The Hall–Kier alpha value is -3.15. The van der Waals surface area contributed by atoms with Gasteiger partial charge in [0.2, 0.25) is 21.1 Å². The average Bonchev–Trinajstić information content (AvgIpc) is 3.27. The van der Waals surface area contributed by atoms with Crippen LogP contribution in [0.2, 0.25) is 0 Å². The second kappa shape index (κ2) is 12.0. The molecule has 35 heavy (non-hydrogen) atoms. The summed E-state index contributed by atoms with van der Waals surface area (Å²) in [6.45, 7) is 5.97. The molecule has 0 atom stereocenters. The van der Waals surface area contributed by atoms with Gasteiger partial charge in [0.05, 0.1) is 4.90 Å². The summed E-state index contributed by atoms with van der Waals surface area (Å²) in [5, 5.41) is 14.4. The van der Waals surface area contributed by atoms with Gasteiger partial charge in [-0.25, -0.2) is 13.1 Å². The summed E-state index contributed by atoms with van der Waals surface area (Å²) in [6, 6.07) is 13.3. The van der Waals surface area contributed by atoms with E-state index in [2.05, 4.69) is 25.6 Å². The Morgan fingerprint density at radius 3 is 2.40 bits per heavy atom. The molecule has 0 radical (unpaired) electrons. The Balaban J connectivity index is 1.54. The van der Waals surface area contributed by atoms with Crippen LogP contribution in [0.5, 0.6) is 0 Å². The Bertz CT molecular complexity index is 1270. The third-order valence-electron chi connectivity index (χ3n) is 5.40. The van der Waals surface area contributed by atoms with Gasteiger partial charge in [0, 0.05) is 30.1 Å². The summed E-state index contributed by atoms with van der Waals surface area (Å²) >= 11 is 1.17. The molecule has 2 aromatic carbocycles. The number of carbonyl (C=O) groups excluding carboxylic acids is 2. The van der Waals surface area contributed by atoms with Crippen LogP contribution in [0.25, 0.3) is 0 Å². The molecule has 0 bridgehead atoms. The maximum Gasteiger partial charge on any atom is 0.257 e. The highest BCUT2D eigenvalue weighted by Gasteiger charge is 2.16. The van der Waals surface area contributed by atoms with Gasteiger partial charge in [-0.15, -0.1) is 10.2 Å². The molecule has 0 unspecified atom stereocenters. The molecule has 3 N–H and O–H groups in total. The molecule has 2 amide bonds. The van der Waals surface area contributed by atoms with Crippen molar-refractivity contribution in [1.29, 1.82) is 0 Å². The summed E-state index contributed by atoms with van der Waals surface area (Å²) in [5.41, 5.74) is 1.90. The second-order valence-electron chi connectivity index (χ2n) is 8.00. The predicted molar refractivity (Wildman–Crippen MR) is 137 cm³/mol. The summed E-state index contributed by atoms with van der Waals surface area (Å²) in [6.07, 6.45) is 1.82. The lowest BCUT2D eigenvalue weighted by molar-refractivity contribution is -0.120. The Kier molecular flexibility index (Phi) is 9.07. The van der Waals surface area contributed by atoms with Gasteiger partial charge in [0.15, 0.2) is 0 Å². The number of rotatable bonds is 11. The van der Waals surface area contributed by atoms with Crippen LogP contribution in [0.4, 0.5) is 10.8 Å². The van der Waals surface area contributed by atoms with E-state index in [1.165, 1.54) is 11.3 Å². The second-order valence-corrected chi connectivity index (χ2v) is 10.8. The van der Waals surface area contributed by atoms with Crippen molar-refractivity contribution in [2.45, 2.75) is 44.9 Å². The Morgan fingerprint density at radius 1 is 1.00 bits per heavy atom. The number of carbonyl (C=O) groups is 2. The minimum absolute atomic E-state index is 0.0701. The number of nitrogens with zero attached hydrogens (tertiary/aromatic N) is 2. The number of amides is 2. The number of aromatic nitrogens is 2. The van der Waals surface area contributed by atoms with Crippen molar-refractivity contribution >= 4 is 44.0 Å². The molecule has 0 aliphatic carbocycles. The quantitative estimate of drug-likeness (QED) is 0.354. The SMILES string of the molecule is CCC(CC)C(=O)Nc1cccc(C(=O)Nc2nnc(CCNS(=O)(=O)c3ccc(C)cc3)s2)c1. The van der Waals surface area contributed by atoms with Gasteiger partial charge < -0.3 is 5.32 Å². The molecule has 11 heteroatoms. The van der Waals surface area contributed by atoms with Crippen LogP contribution >= 0.6 is 11.3 Å². The first-order valence-electron chi connectivity index (χ1n) is 11.3. The zero-order chi connectivity index (χ0) is 25.4. The first-order valence-corrected chi connectivity index (χ1v) is 13.6. The van der Waals surface area contributed by atoms with Crippen molar-refractivity contribution in [3.63, 3.8) is 0 Å². The van der Waals surface area contributed by atoms with Gasteiger partial charge in [-0.1, -0.05) is 48.9 Å². The van der Waals surface area contributed by atoms with Crippen LogP contribution in [-0.4, -0.2) is 37.0 Å². The van der Waals surface area contributed by atoms with Gasteiger partial charge in [-0.2, -0.15) is 0 Å². The maximum absolute atomic E-state index is 12.7. The van der Waals surface area contributed by atoms with Crippen molar-refractivity contribution in [3.05, 3.63) is 64.7 Å². The van der Waals surface area contributed by atoms with E-state index in [0.29, 0.717) is 27.8 Å². The fourth-order valence-corrected chi connectivity index (χ4v) is 5.08. The number of aryl methyl sites for hydroxylation is 1. The zero-order valence-corrected chi connectivity index (χ0v) is 21.5. The number of sulfonamides is 1. The number of benzene rings is 2. The summed E-state index contributed by atoms with van der Waals surface area (Å²) in [5.74, 6) is -0.528. The van der Waals surface area contributed by atoms with E-state index in [0.717, 1.165) is 18.4 Å².